The summed E-state index contributed by atoms with van der Waals surface area (Å²) in [5.74, 6) is 0.716. The van der Waals surface area contributed by atoms with Crippen molar-refractivity contribution in [2.24, 2.45) is 0 Å². The molecule has 0 fully saturated rings. The second kappa shape index (κ2) is 6.71. The number of carbonyl (C=O) groups excluding carboxylic acids is 1. The molecule has 25 heavy (non-hydrogen) atoms. The number of aryl methyl sites for hydroxylation is 3. The zero-order valence-electron chi connectivity index (χ0n) is 14.2. The number of aromatic amines is 1. The highest BCUT2D eigenvalue weighted by Gasteiger charge is 2.16. The second-order valence-electron chi connectivity index (χ2n) is 5.67. The molecule has 0 aliphatic carbocycles. The van der Waals surface area contributed by atoms with E-state index in [2.05, 4.69) is 25.5 Å². The van der Waals surface area contributed by atoms with Crippen molar-refractivity contribution in [2.45, 2.75) is 33.6 Å². The molecule has 1 amide bonds. The normalized spacial score (nSPS) is 10.8. The highest BCUT2D eigenvalue weighted by molar-refractivity contribution is 6.02. The van der Waals surface area contributed by atoms with Gasteiger partial charge in [-0.05, 0) is 20.3 Å². The Labute approximate surface area is 143 Å². The first-order valence-electron chi connectivity index (χ1n) is 7.88. The number of amides is 1. The van der Waals surface area contributed by atoms with Gasteiger partial charge in [0.05, 0.1) is 5.69 Å². The van der Waals surface area contributed by atoms with Gasteiger partial charge < -0.3 is 9.84 Å². The van der Waals surface area contributed by atoms with Crippen molar-refractivity contribution in [3.8, 4) is 5.95 Å². The number of H-pyrrole nitrogens is 1. The molecule has 3 aromatic heterocycles. The first-order valence-corrected chi connectivity index (χ1v) is 7.88. The molecule has 3 rings (SSSR count). The lowest BCUT2D eigenvalue weighted by atomic mass is 10.2. The molecule has 2 N–H and O–H groups in total. The third-order valence-corrected chi connectivity index (χ3v) is 3.42. The van der Waals surface area contributed by atoms with E-state index in [4.69, 9.17) is 4.52 Å². The van der Waals surface area contributed by atoms with Crippen molar-refractivity contribution in [1.29, 1.82) is 0 Å². The quantitative estimate of drug-likeness (QED) is 0.729. The van der Waals surface area contributed by atoms with Crippen LogP contribution in [0, 0.1) is 13.8 Å². The molecule has 0 atom stereocenters. The summed E-state index contributed by atoms with van der Waals surface area (Å²) < 4.78 is 6.30. The van der Waals surface area contributed by atoms with Crippen molar-refractivity contribution in [3.05, 3.63) is 51.4 Å². The van der Waals surface area contributed by atoms with E-state index < -0.39 is 5.91 Å². The lowest BCUT2D eigenvalue weighted by molar-refractivity contribution is 0.101. The Morgan fingerprint density at radius 3 is 2.80 bits per heavy atom. The van der Waals surface area contributed by atoms with Crippen molar-refractivity contribution in [1.82, 2.24) is 24.9 Å². The maximum atomic E-state index is 12.3. The highest BCUT2D eigenvalue weighted by atomic mass is 16.5. The fourth-order valence-electron chi connectivity index (χ4n) is 2.38. The molecule has 9 heteroatoms. The summed E-state index contributed by atoms with van der Waals surface area (Å²) in [6, 6.07) is 4.67. The van der Waals surface area contributed by atoms with Crippen LogP contribution in [0.1, 0.15) is 41.0 Å². The van der Waals surface area contributed by atoms with Crippen LogP contribution in [0.5, 0.6) is 0 Å². The number of anilines is 1. The highest BCUT2D eigenvalue weighted by Crippen LogP contribution is 2.15. The zero-order chi connectivity index (χ0) is 18.0. The Hall–Kier alpha value is -3.23. The van der Waals surface area contributed by atoms with Crippen LogP contribution < -0.4 is 10.9 Å². The van der Waals surface area contributed by atoms with Crippen molar-refractivity contribution in [2.75, 3.05) is 5.32 Å². The minimum absolute atomic E-state index is 0.157. The number of aromatic nitrogens is 5. The average Bonchev–Trinajstić information content (AvgIpc) is 3.13. The topological polar surface area (TPSA) is 119 Å². The molecule has 0 radical (unpaired) electrons. The predicted octanol–water partition coefficient (Wildman–Crippen LogP) is 1.77. The molecule has 3 aromatic rings. The van der Waals surface area contributed by atoms with Gasteiger partial charge in [0.1, 0.15) is 11.6 Å². The summed E-state index contributed by atoms with van der Waals surface area (Å²) in [5.41, 5.74) is 1.21. The minimum atomic E-state index is -0.440. The zero-order valence-corrected chi connectivity index (χ0v) is 14.2. The number of hydrogen-bond donors (Lipinski definition) is 2. The van der Waals surface area contributed by atoms with Gasteiger partial charge in [0.25, 0.3) is 11.5 Å². The molecule has 0 unspecified atom stereocenters. The van der Waals surface area contributed by atoms with Crippen LogP contribution in [0.4, 0.5) is 5.82 Å². The monoisotopic (exact) mass is 342 g/mol. The Morgan fingerprint density at radius 1 is 1.32 bits per heavy atom. The molecule has 0 saturated carbocycles. The summed E-state index contributed by atoms with van der Waals surface area (Å²) >= 11 is 0. The third kappa shape index (κ3) is 3.65. The molecule has 0 aliphatic rings. The van der Waals surface area contributed by atoms with Gasteiger partial charge in [-0.2, -0.15) is 9.78 Å². The molecule has 0 aromatic carbocycles. The van der Waals surface area contributed by atoms with E-state index in [0.717, 1.165) is 6.42 Å². The average molecular weight is 342 g/mol. The summed E-state index contributed by atoms with van der Waals surface area (Å²) in [6.45, 7) is 5.48. The first kappa shape index (κ1) is 16.6. The fraction of sp³-hybridized carbons (Fsp3) is 0.312. The van der Waals surface area contributed by atoms with Crippen molar-refractivity contribution in [3.63, 3.8) is 0 Å². The van der Waals surface area contributed by atoms with E-state index in [1.165, 1.54) is 16.8 Å². The molecule has 0 saturated heterocycles. The Balaban J connectivity index is 1.96. The van der Waals surface area contributed by atoms with E-state index in [1.54, 1.807) is 19.9 Å². The molecule has 3 heterocycles. The smallest absolute Gasteiger partial charge is 0.279 e. The molecule has 130 valence electrons. The van der Waals surface area contributed by atoms with Gasteiger partial charge in [-0.1, -0.05) is 18.5 Å². The van der Waals surface area contributed by atoms with Crippen LogP contribution in [0.15, 0.2) is 27.5 Å². The maximum Gasteiger partial charge on any atom is 0.279 e. The number of nitrogens with zero attached hydrogens (tertiary/aromatic N) is 4. The molecule has 0 bridgehead atoms. The van der Waals surface area contributed by atoms with Gasteiger partial charge >= 0.3 is 0 Å². The number of hydrogen-bond acceptors (Lipinski definition) is 6. The number of rotatable bonds is 5. The fourth-order valence-corrected chi connectivity index (χ4v) is 2.38. The Morgan fingerprint density at radius 2 is 2.12 bits per heavy atom. The van der Waals surface area contributed by atoms with E-state index >= 15 is 0 Å². The van der Waals surface area contributed by atoms with Gasteiger partial charge in [0.15, 0.2) is 5.69 Å². The van der Waals surface area contributed by atoms with Crippen LogP contribution in [0.3, 0.4) is 0 Å². The standard InChI is InChI=1S/C16H18N6O3/c1-4-5-11-8-14(23)19-16(17-11)22-13(6-9(2)20-22)18-15(24)12-7-10(3)25-21-12/h6-8H,4-5H2,1-3H3,(H,18,24)(H,17,19,23). The number of carbonyl (C=O) groups is 1. The van der Waals surface area contributed by atoms with Gasteiger partial charge in [-0.25, -0.2) is 4.98 Å². The summed E-state index contributed by atoms with van der Waals surface area (Å²) in [6.07, 6.45) is 1.54. The molecular formula is C16H18N6O3. The van der Waals surface area contributed by atoms with Crippen LogP contribution >= 0.6 is 0 Å². The van der Waals surface area contributed by atoms with Crippen LogP contribution in [0.2, 0.25) is 0 Å². The van der Waals surface area contributed by atoms with Gasteiger partial charge in [0, 0.05) is 23.9 Å². The molecular weight excluding hydrogens is 324 g/mol. The predicted molar refractivity (Wildman–Crippen MR) is 89.9 cm³/mol. The second-order valence-corrected chi connectivity index (χ2v) is 5.67. The summed E-state index contributed by atoms with van der Waals surface area (Å²) in [5, 5.41) is 10.7. The van der Waals surface area contributed by atoms with Crippen LogP contribution in [-0.2, 0) is 6.42 Å². The van der Waals surface area contributed by atoms with Crippen LogP contribution in [0.25, 0.3) is 5.95 Å². The Kier molecular flexibility index (Phi) is 4.46. The summed E-state index contributed by atoms with van der Waals surface area (Å²) in [7, 11) is 0. The van der Waals surface area contributed by atoms with E-state index in [9.17, 15) is 9.59 Å². The molecule has 0 aliphatic heterocycles. The largest absolute Gasteiger partial charge is 0.361 e. The van der Waals surface area contributed by atoms with Crippen molar-refractivity contribution >= 4 is 11.7 Å². The van der Waals surface area contributed by atoms with Gasteiger partial charge in [-0.3, -0.25) is 14.6 Å². The van der Waals surface area contributed by atoms with Crippen LogP contribution in [-0.4, -0.2) is 30.8 Å². The lowest BCUT2D eigenvalue weighted by Crippen LogP contribution is -2.19. The molecule has 0 spiro atoms. The summed E-state index contributed by atoms with van der Waals surface area (Å²) in [4.78, 5) is 31.2. The van der Waals surface area contributed by atoms with Gasteiger partial charge in [0.2, 0.25) is 5.95 Å². The Bertz CT molecular complexity index is 968. The van der Waals surface area contributed by atoms with E-state index in [-0.39, 0.29) is 17.2 Å². The van der Waals surface area contributed by atoms with Crippen molar-refractivity contribution < 1.29 is 9.32 Å². The van der Waals surface area contributed by atoms with E-state index in [1.807, 2.05) is 6.92 Å². The lowest BCUT2D eigenvalue weighted by Gasteiger charge is -2.08. The number of nitrogens with one attached hydrogen (secondary N) is 2. The maximum absolute atomic E-state index is 12.3. The first-order chi connectivity index (χ1) is 12.0. The third-order valence-electron chi connectivity index (χ3n) is 3.42. The van der Waals surface area contributed by atoms with Gasteiger partial charge in [-0.15, -0.1) is 0 Å². The minimum Gasteiger partial charge on any atom is -0.361 e. The SMILES string of the molecule is CCCc1cc(=O)[nH]c(-n2nc(C)cc2NC(=O)c2cc(C)on2)n1. The van der Waals surface area contributed by atoms with E-state index in [0.29, 0.717) is 29.4 Å². The molecule has 9 nitrogen and oxygen atoms in total.